The maximum Gasteiger partial charge on any atom is 0.251 e. The van der Waals surface area contributed by atoms with Gasteiger partial charge < -0.3 is 10.1 Å². The van der Waals surface area contributed by atoms with Gasteiger partial charge in [0.25, 0.3) is 5.91 Å². The Morgan fingerprint density at radius 2 is 2.04 bits per heavy atom. The number of hydrogen-bond donors (Lipinski definition) is 1. The minimum absolute atomic E-state index is 0.000705. The highest BCUT2D eigenvalue weighted by atomic mass is 16.5. The predicted molar refractivity (Wildman–Crippen MR) is 97.2 cm³/mol. The lowest BCUT2D eigenvalue weighted by atomic mass is 10.0. The number of benzene rings is 1. The topological polar surface area (TPSA) is 54.5 Å². The average Bonchev–Trinajstić information content (AvgIpc) is 2.67. The van der Waals surface area contributed by atoms with Crippen molar-refractivity contribution in [2.45, 2.75) is 32.0 Å². The zero-order valence-electron chi connectivity index (χ0n) is 14.6. The van der Waals surface area contributed by atoms with E-state index in [2.05, 4.69) is 46.4 Å². The van der Waals surface area contributed by atoms with E-state index >= 15 is 0 Å². The van der Waals surface area contributed by atoms with Gasteiger partial charge in [-0.15, -0.1) is 0 Å². The summed E-state index contributed by atoms with van der Waals surface area (Å²) in [6.45, 7) is 5.43. The Kier molecular flexibility index (Phi) is 6.14. The molecule has 1 amide bonds. The summed E-state index contributed by atoms with van der Waals surface area (Å²) in [5.41, 5.74) is 1.93. The minimum Gasteiger partial charge on any atom is -0.373 e. The van der Waals surface area contributed by atoms with Crippen LogP contribution < -0.4 is 5.32 Å². The van der Waals surface area contributed by atoms with E-state index in [0.717, 1.165) is 26.1 Å². The molecule has 1 N–H and O–H groups in total. The lowest BCUT2D eigenvalue weighted by Crippen LogP contribution is -2.53. The Morgan fingerprint density at radius 3 is 2.76 bits per heavy atom. The SMILES string of the molecule is CC[C@@H](NC(=O)c1ccncc1)[C@@H]1CN(Cc2ccccc2)CCO1. The summed E-state index contributed by atoms with van der Waals surface area (Å²) in [5, 5.41) is 3.12. The second-order valence-corrected chi connectivity index (χ2v) is 6.35. The standard InChI is InChI=1S/C20H25N3O2/c1-2-18(22-20(24)17-8-10-21-11-9-17)19-15-23(12-13-25-19)14-16-6-4-3-5-7-16/h3-11,18-19H,2,12-15H2,1H3,(H,22,24)/t18-,19+/m1/s1. The van der Waals surface area contributed by atoms with Crippen LogP contribution in [0.15, 0.2) is 54.9 Å². The van der Waals surface area contributed by atoms with Crippen molar-refractivity contribution in [2.75, 3.05) is 19.7 Å². The number of hydrogen-bond acceptors (Lipinski definition) is 4. The van der Waals surface area contributed by atoms with Gasteiger partial charge >= 0.3 is 0 Å². The lowest BCUT2D eigenvalue weighted by Gasteiger charge is -2.37. The van der Waals surface area contributed by atoms with Gasteiger partial charge in [-0.25, -0.2) is 0 Å². The Labute approximate surface area is 149 Å². The summed E-state index contributed by atoms with van der Waals surface area (Å²) in [6.07, 6.45) is 4.11. The van der Waals surface area contributed by atoms with Crippen molar-refractivity contribution >= 4 is 5.91 Å². The minimum atomic E-state index is -0.0713. The predicted octanol–water partition coefficient (Wildman–Crippen LogP) is 2.49. The van der Waals surface area contributed by atoms with Crippen LogP contribution in [0.1, 0.15) is 29.3 Å². The Balaban J connectivity index is 1.59. The van der Waals surface area contributed by atoms with Crippen LogP contribution in [0.3, 0.4) is 0 Å². The highest BCUT2D eigenvalue weighted by Crippen LogP contribution is 2.15. The van der Waals surface area contributed by atoms with Crippen molar-refractivity contribution < 1.29 is 9.53 Å². The maximum absolute atomic E-state index is 12.4. The second kappa shape index (κ2) is 8.74. The van der Waals surface area contributed by atoms with E-state index in [1.807, 2.05) is 6.07 Å². The number of amides is 1. The molecule has 132 valence electrons. The number of pyridine rings is 1. The third-order valence-corrected chi connectivity index (χ3v) is 4.57. The molecule has 2 aromatic rings. The van der Waals surface area contributed by atoms with Crippen LogP contribution in [0.25, 0.3) is 0 Å². The van der Waals surface area contributed by atoms with Gasteiger partial charge in [0.1, 0.15) is 0 Å². The Hall–Kier alpha value is -2.24. The van der Waals surface area contributed by atoms with Crippen molar-refractivity contribution in [2.24, 2.45) is 0 Å². The molecule has 0 aliphatic carbocycles. The molecule has 1 aliphatic rings. The first-order valence-electron chi connectivity index (χ1n) is 8.85. The molecule has 5 nitrogen and oxygen atoms in total. The average molecular weight is 339 g/mol. The lowest BCUT2D eigenvalue weighted by molar-refractivity contribution is -0.0483. The molecule has 1 aliphatic heterocycles. The summed E-state index contributed by atoms with van der Waals surface area (Å²) >= 11 is 0. The van der Waals surface area contributed by atoms with Gasteiger partial charge in [-0.2, -0.15) is 0 Å². The highest BCUT2D eigenvalue weighted by Gasteiger charge is 2.28. The first-order chi connectivity index (χ1) is 12.3. The van der Waals surface area contributed by atoms with Gasteiger partial charge in [-0.3, -0.25) is 14.7 Å². The van der Waals surface area contributed by atoms with E-state index in [1.165, 1.54) is 5.56 Å². The first-order valence-corrected chi connectivity index (χ1v) is 8.85. The van der Waals surface area contributed by atoms with E-state index in [1.54, 1.807) is 24.5 Å². The van der Waals surface area contributed by atoms with Crippen molar-refractivity contribution in [1.82, 2.24) is 15.2 Å². The third kappa shape index (κ3) is 4.87. The molecule has 5 heteroatoms. The Morgan fingerprint density at radius 1 is 1.28 bits per heavy atom. The number of rotatable bonds is 6. The molecule has 1 aromatic carbocycles. The molecular weight excluding hydrogens is 314 g/mol. The van der Waals surface area contributed by atoms with Gasteiger partial charge in [0.05, 0.1) is 18.8 Å². The molecule has 3 rings (SSSR count). The number of nitrogens with one attached hydrogen (secondary N) is 1. The molecule has 1 aromatic heterocycles. The first kappa shape index (κ1) is 17.6. The molecule has 2 heterocycles. The molecule has 25 heavy (non-hydrogen) atoms. The zero-order valence-corrected chi connectivity index (χ0v) is 14.6. The Bertz CT molecular complexity index is 663. The van der Waals surface area contributed by atoms with Crippen LogP contribution in [-0.2, 0) is 11.3 Å². The molecular formula is C20H25N3O2. The van der Waals surface area contributed by atoms with Gasteiger partial charge in [0.15, 0.2) is 0 Å². The van der Waals surface area contributed by atoms with Crippen LogP contribution in [0.5, 0.6) is 0 Å². The summed E-state index contributed by atoms with van der Waals surface area (Å²) in [7, 11) is 0. The second-order valence-electron chi connectivity index (χ2n) is 6.35. The van der Waals surface area contributed by atoms with Crippen molar-refractivity contribution in [3.8, 4) is 0 Å². The van der Waals surface area contributed by atoms with Crippen LogP contribution in [-0.4, -0.2) is 47.6 Å². The quantitative estimate of drug-likeness (QED) is 0.878. The van der Waals surface area contributed by atoms with Gasteiger partial charge in [0.2, 0.25) is 0 Å². The smallest absolute Gasteiger partial charge is 0.251 e. The third-order valence-electron chi connectivity index (χ3n) is 4.57. The monoisotopic (exact) mass is 339 g/mol. The molecule has 0 spiro atoms. The normalized spacial score (nSPS) is 19.3. The van der Waals surface area contributed by atoms with E-state index in [4.69, 9.17) is 4.74 Å². The number of nitrogens with zero attached hydrogens (tertiary/aromatic N) is 2. The van der Waals surface area contributed by atoms with Gasteiger partial charge in [-0.05, 0) is 24.1 Å². The highest BCUT2D eigenvalue weighted by molar-refractivity contribution is 5.94. The molecule has 0 unspecified atom stereocenters. The van der Waals surface area contributed by atoms with Crippen molar-refractivity contribution in [3.63, 3.8) is 0 Å². The van der Waals surface area contributed by atoms with E-state index in [9.17, 15) is 4.79 Å². The van der Waals surface area contributed by atoms with Crippen LogP contribution in [0, 0.1) is 0 Å². The molecule has 0 saturated carbocycles. The van der Waals surface area contributed by atoms with Crippen molar-refractivity contribution in [3.05, 3.63) is 66.0 Å². The molecule has 1 saturated heterocycles. The zero-order chi connectivity index (χ0) is 17.5. The maximum atomic E-state index is 12.4. The van der Waals surface area contributed by atoms with Gasteiger partial charge in [-0.1, -0.05) is 37.3 Å². The summed E-state index contributed by atoms with van der Waals surface area (Å²) in [4.78, 5) is 18.8. The van der Waals surface area contributed by atoms with E-state index in [-0.39, 0.29) is 18.1 Å². The number of aromatic nitrogens is 1. The van der Waals surface area contributed by atoms with Crippen LogP contribution in [0.2, 0.25) is 0 Å². The number of carbonyl (C=O) groups excluding carboxylic acids is 1. The van der Waals surface area contributed by atoms with Crippen LogP contribution in [0.4, 0.5) is 0 Å². The fourth-order valence-electron chi connectivity index (χ4n) is 3.17. The fraction of sp³-hybridized carbons (Fsp3) is 0.400. The van der Waals surface area contributed by atoms with E-state index in [0.29, 0.717) is 12.2 Å². The summed E-state index contributed by atoms with van der Waals surface area (Å²) < 4.78 is 5.97. The van der Waals surface area contributed by atoms with Crippen LogP contribution >= 0.6 is 0 Å². The molecule has 0 bridgehead atoms. The number of carbonyl (C=O) groups is 1. The number of morpholine rings is 1. The number of ether oxygens (including phenoxy) is 1. The molecule has 0 radical (unpaired) electrons. The fourth-order valence-corrected chi connectivity index (χ4v) is 3.17. The summed E-state index contributed by atoms with van der Waals surface area (Å²) in [6, 6.07) is 13.9. The van der Waals surface area contributed by atoms with E-state index < -0.39 is 0 Å². The molecule has 2 atom stereocenters. The van der Waals surface area contributed by atoms with Gasteiger partial charge in [0, 0.05) is 37.6 Å². The largest absolute Gasteiger partial charge is 0.373 e. The summed E-state index contributed by atoms with van der Waals surface area (Å²) in [5.74, 6) is -0.0713. The van der Waals surface area contributed by atoms with Crippen molar-refractivity contribution in [1.29, 1.82) is 0 Å². The molecule has 1 fully saturated rings.